The van der Waals surface area contributed by atoms with Crippen molar-refractivity contribution in [1.29, 1.82) is 0 Å². The van der Waals surface area contributed by atoms with Crippen molar-refractivity contribution in [2.24, 2.45) is 5.92 Å². The molecule has 0 unspecified atom stereocenters. The van der Waals surface area contributed by atoms with E-state index in [2.05, 4.69) is 21.2 Å². The van der Waals surface area contributed by atoms with Crippen LogP contribution in [0.15, 0.2) is 53.0 Å². The van der Waals surface area contributed by atoms with Crippen LogP contribution < -0.4 is 10.1 Å². The van der Waals surface area contributed by atoms with Crippen molar-refractivity contribution in [3.8, 4) is 5.75 Å². The lowest BCUT2D eigenvalue weighted by Crippen LogP contribution is -2.53. The van der Waals surface area contributed by atoms with Gasteiger partial charge in [0.25, 0.3) is 0 Å². The molecule has 1 aliphatic heterocycles. The van der Waals surface area contributed by atoms with Gasteiger partial charge in [0.1, 0.15) is 12.4 Å². The Bertz CT molecular complexity index is 776. The van der Waals surface area contributed by atoms with Crippen LogP contribution in [0.2, 0.25) is 0 Å². The van der Waals surface area contributed by atoms with Crippen LogP contribution >= 0.6 is 15.9 Å². The zero-order valence-corrected chi connectivity index (χ0v) is 14.9. The van der Waals surface area contributed by atoms with Crippen molar-refractivity contribution < 1.29 is 19.4 Å². The van der Waals surface area contributed by atoms with Crippen LogP contribution in [-0.2, 0) is 11.4 Å². The molecule has 0 spiro atoms. The van der Waals surface area contributed by atoms with E-state index in [4.69, 9.17) is 9.84 Å². The summed E-state index contributed by atoms with van der Waals surface area (Å²) >= 11 is 3.40. The van der Waals surface area contributed by atoms with E-state index in [-0.39, 0.29) is 24.9 Å². The van der Waals surface area contributed by atoms with Crippen molar-refractivity contribution in [2.45, 2.75) is 6.61 Å². The number of nitrogens with zero attached hydrogens (tertiary/aromatic N) is 1. The molecule has 0 radical (unpaired) electrons. The second-order valence-corrected chi connectivity index (χ2v) is 6.64. The Hall–Kier alpha value is -2.54. The number of rotatable bonds is 5. The van der Waals surface area contributed by atoms with Gasteiger partial charge in [-0.15, -0.1) is 0 Å². The van der Waals surface area contributed by atoms with Crippen LogP contribution in [0.4, 0.5) is 10.5 Å². The lowest BCUT2D eigenvalue weighted by atomic mass is 10.00. The average molecular weight is 405 g/mol. The highest BCUT2D eigenvalue weighted by Gasteiger charge is 2.35. The quantitative estimate of drug-likeness (QED) is 0.797. The van der Waals surface area contributed by atoms with Crippen LogP contribution in [-0.4, -0.2) is 35.1 Å². The number of hydrogen-bond donors (Lipinski definition) is 2. The fourth-order valence-corrected chi connectivity index (χ4v) is 2.81. The Balaban J connectivity index is 1.60. The molecule has 25 heavy (non-hydrogen) atoms. The number of ether oxygens (including phenoxy) is 1. The zero-order chi connectivity index (χ0) is 17.8. The number of halogens is 1. The second-order valence-electron chi connectivity index (χ2n) is 5.79. The number of nitrogens with one attached hydrogen (secondary N) is 1. The molecular formula is C18H17BrN2O4. The maximum atomic E-state index is 12.2. The van der Waals surface area contributed by atoms with Gasteiger partial charge >= 0.3 is 6.09 Å². The lowest BCUT2D eigenvalue weighted by Gasteiger charge is -2.35. The molecule has 1 fully saturated rings. The molecule has 1 aliphatic rings. The molecule has 6 nitrogen and oxygen atoms in total. The van der Waals surface area contributed by atoms with Gasteiger partial charge in [-0.1, -0.05) is 30.3 Å². The minimum atomic E-state index is -0.999. The van der Waals surface area contributed by atoms with E-state index < -0.39 is 6.09 Å². The molecule has 7 heteroatoms. The fourth-order valence-electron chi connectivity index (χ4n) is 2.47. The van der Waals surface area contributed by atoms with Crippen LogP contribution in [0.3, 0.4) is 0 Å². The van der Waals surface area contributed by atoms with Gasteiger partial charge in [0.05, 0.1) is 11.6 Å². The summed E-state index contributed by atoms with van der Waals surface area (Å²) in [6.07, 6.45) is -0.999. The van der Waals surface area contributed by atoms with Crippen molar-refractivity contribution in [1.82, 2.24) is 4.90 Å². The SMILES string of the molecule is O=C(Nc1cc(OCc2ccccc2)ccc1Br)C1CN(C(=O)O)C1. The monoisotopic (exact) mass is 404 g/mol. The molecule has 130 valence electrons. The normalized spacial score (nSPS) is 13.9. The fraction of sp³-hybridized carbons (Fsp3) is 0.222. The third kappa shape index (κ3) is 4.30. The summed E-state index contributed by atoms with van der Waals surface area (Å²) in [6, 6.07) is 15.2. The van der Waals surface area contributed by atoms with Crippen molar-refractivity contribution in [3.05, 3.63) is 58.6 Å². The molecular weight excluding hydrogens is 388 g/mol. The topological polar surface area (TPSA) is 78.9 Å². The Kier molecular flexibility index (Phi) is 5.23. The highest BCUT2D eigenvalue weighted by atomic mass is 79.9. The number of anilines is 1. The Morgan fingerprint density at radius 3 is 2.60 bits per heavy atom. The molecule has 2 amide bonds. The van der Waals surface area contributed by atoms with Crippen molar-refractivity contribution in [3.63, 3.8) is 0 Å². The smallest absolute Gasteiger partial charge is 0.407 e. The molecule has 3 rings (SSSR count). The van der Waals surface area contributed by atoms with Gasteiger partial charge in [0, 0.05) is 23.6 Å². The van der Waals surface area contributed by atoms with Crippen LogP contribution in [0, 0.1) is 5.92 Å². The third-order valence-corrected chi connectivity index (χ3v) is 4.66. The minimum Gasteiger partial charge on any atom is -0.489 e. The van der Waals surface area contributed by atoms with Gasteiger partial charge in [-0.25, -0.2) is 4.79 Å². The number of carbonyl (C=O) groups excluding carboxylic acids is 1. The summed E-state index contributed by atoms with van der Waals surface area (Å²) < 4.78 is 6.50. The summed E-state index contributed by atoms with van der Waals surface area (Å²) in [6.45, 7) is 0.887. The maximum Gasteiger partial charge on any atom is 0.407 e. The number of benzene rings is 2. The Morgan fingerprint density at radius 2 is 1.92 bits per heavy atom. The first kappa shape index (κ1) is 17.3. The standard InChI is InChI=1S/C18H17BrN2O4/c19-15-7-6-14(25-11-12-4-2-1-3-5-12)8-16(15)20-17(22)13-9-21(10-13)18(23)24/h1-8,13H,9-11H2,(H,20,22)(H,23,24). The first-order valence-corrected chi connectivity index (χ1v) is 8.57. The number of hydrogen-bond acceptors (Lipinski definition) is 3. The molecule has 0 aliphatic carbocycles. The van der Waals surface area contributed by atoms with E-state index >= 15 is 0 Å². The van der Waals surface area contributed by atoms with Gasteiger partial charge in [0.15, 0.2) is 0 Å². The maximum absolute atomic E-state index is 12.2. The van der Waals surface area contributed by atoms with Gasteiger partial charge < -0.3 is 20.1 Å². The predicted octanol–water partition coefficient (Wildman–Crippen LogP) is 3.58. The first-order chi connectivity index (χ1) is 12.0. The minimum absolute atomic E-state index is 0.196. The van der Waals surface area contributed by atoms with Gasteiger partial charge in [0.2, 0.25) is 5.91 Å². The van der Waals surface area contributed by atoms with E-state index in [1.165, 1.54) is 4.90 Å². The van der Waals surface area contributed by atoms with E-state index in [1.807, 2.05) is 36.4 Å². The van der Waals surface area contributed by atoms with E-state index in [1.54, 1.807) is 12.1 Å². The average Bonchev–Trinajstić information content (AvgIpc) is 2.55. The summed E-state index contributed by atoms with van der Waals surface area (Å²) in [5.74, 6) is 0.124. The summed E-state index contributed by atoms with van der Waals surface area (Å²) in [5, 5.41) is 11.7. The zero-order valence-electron chi connectivity index (χ0n) is 13.3. The summed E-state index contributed by atoms with van der Waals surface area (Å²) in [5.41, 5.74) is 1.66. The van der Waals surface area contributed by atoms with Crippen LogP contribution in [0.1, 0.15) is 5.56 Å². The van der Waals surface area contributed by atoms with Gasteiger partial charge in [-0.05, 0) is 33.6 Å². The van der Waals surface area contributed by atoms with E-state index in [9.17, 15) is 9.59 Å². The largest absolute Gasteiger partial charge is 0.489 e. The lowest BCUT2D eigenvalue weighted by molar-refractivity contribution is -0.123. The van der Waals surface area contributed by atoms with Gasteiger partial charge in [-0.3, -0.25) is 4.79 Å². The van der Waals surface area contributed by atoms with Gasteiger partial charge in [-0.2, -0.15) is 0 Å². The number of carbonyl (C=O) groups is 2. The second kappa shape index (κ2) is 7.57. The van der Waals surface area contributed by atoms with E-state index in [0.29, 0.717) is 18.0 Å². The van der Waals surface area contributed by atoms with Crippen LogP contribution in [0.5, 0.6) is 5.75 Å². The number of amides is 2. The molecule has 0 aromatic heterocycles. The Labute approximate surface area is 153 Å². The highest BCUT2D eigenvalue weighted by molar-refractivity contribution is 9.10. The summed E-state index contributed by atoms with van der Waals surface area (Å²) in [4.78, 5) is 24.2. The third-order valence-electron chi connectivity index (χ3n) is 3.97. The predicted molar refractivity (Wildman–Crippen MR) is 96.6 cm³/mol. The van der Waals surface area contributed by atoms with Crippen molar-refractivity contribution in [2.75, 3.05) is 18.4 Å². The van der Waals surface area contributed by atoms with Crippen molar-refractivity contribution >= 4 is 33.6 Å². The molecule has 0 bridgehead atoms. The molecule has 2 aromatic rings. The molecule has 1 saturated heterocycles. The molecule has 2 N–H and O–H groups in total. The molecule has 1 heterocycles. The number of carboxylic acid groups (broad SMARTS) is 1. The first-order valence-electron chi connectivity index (χ1n) is 7.78. The molecule has 2 aromatic carbocycles. The van der Waals surface area contributed by atoms with Crippen LogP contribution in [0.25, 0.3) is 0 Å². The Morgan fingerprint density at radius 1 is 1.20 bits per heavy atom. The van der Waals surface area contributed by atoms with E-state index in [0.717, 1.165) is 10.0 Å². The molecule has 0 atom stereocenters. The highest BCUT2D eigenvalue weighted by Crippen LogP contribution is 2.29. The molecule has 0 saturated carbocycles. The number of likely N-dealkylation sites (tertiary alicyclic amines) is 1. The summed E-state index contributed by atoms with van der Waals surface area (Å²) in [7, 11) is 0.